The van der Waals surface area contributed by atoms with Gasteiger partial charge in [-0.15, -0.1) is 0 Å². The zero-order chi connectivity index (χ0) is 9.23. The van der Waals surface area contributed by atoms with Crippen molar-refractivity contribution in [3.63, 3.8) is 0 Å². The molecule has 0 aliphatic carbocycles. The summed E-state index contributed by atoms with van der Waals surface area (Å²) >= 11 is 0. The van der Waals surface area contributed by atoms with Crippen molar-refractivity contribution >= 4 is 0 Å². The van der Waals surface area contributed by atoms with Gasteiger partial charge in [0, 0.05) is 12.0 Å². The minimum atomic E-state index is -0.724. The number of azide groups is 1. The van der Waals surface area contributed by atoms with Gasteiger partial charge in [-0.2, -0.15) is 0 Å². The molecule has 0 rings (SSSR count). The van der Waals surface area contributed by atoms with Gasteiger partial charge in [-0.1, -0.05) is 5.11 Å². The van der Waals surface area contributed by atoms with Crippen LogP contribution in [-0.2, 0) is 9.47 Å². The van der Waals surface area contributed by atoms with Gasteiger partial charge in [0.25, 0.3) is 0 Å². The van der Waals surface area contributed by atoms with Gasteiger partial charge in [-0.05, 0) is 5.53 Å². The standard InChI is InChI=1S/C6H13N3O3/c1-11-2-3-12-5-6(10)4-8-9-7/h6,10H,2-5H2,1H3. The van der Waals surface area contributed by atoms with Gasteiger partial charge in [0.05, 0.1) is 32.5 Å². The average molecular weight is 175 g/mol. The van der Waals surface area contributed by atoms with Crippen molar-refractivity contribution in [2.75, 3.05) is 33.5 Å². The first kappa shape index (κ1) is 11.2. The van der Waals surface area contributed by atoms with Gasteiger partial charge in [0.15, 0.2) is 0 Å². The van der Waals surface area contributed by atoms with Crippen LogP contribution in [0.25, 0.3) is 10.4 Å². The first-order chi connectivity index (χ1) is 5.81. The number of aliphatic hydroxyl groups is 1. The number of aliphatic hydroxyl groups excluding tert-OH is 1. The highest BCUT2D eigenvalue weighted by molar-refractivity contribution is 4.57. The topological polar surface area (TPSA) is 87.5 Å². The lowest BCUT2D eigenvalue weighted by Gasteiger charge is -2.07. The van der Waals surface area contributed by atoms with E-state index in [1.165, 1.54) is 0 Å². The zero-order valence-corrected chi connectivity index (χ0v) is 7.01. The molecule has 0 saturated heterocycles. The van der Waals surface area contributed by atoms with Crippen molar-refractivity contribution in [3.05, 3.63) is 10.4 Å². The second kappa shape index (κ2) is 8.29. The summed E-state index contributed by atoms with van der Waals surface area (Å²) in [5.74, 6) is 0. The maximum atomic E-state index is 9.05. The monoisotopic (exact) mass is 175 g/mol. The van der Waals surface area contributed by atoms with Crippen LogP contribution in [0, 0.1) is 0 Å². The Hall–Kier alpha value is -0.810. The molecule has 1 atom stereocenters. The van der Waals surface area contributed by atoms with Crippen molar-refractivity contribution in [1.29, 1.82) is 0 Å². The Labute approximate surface area is 70.7 Å². The number of hydrogen-bond donors (Lipinski definition) is 1. The van der Waals surface area contributed by atoms with Crippen LogP contribution in [0.3, 0.4) is 0 Å². The molecule has 0 heterocycles. The van der Waals surface area contributed by atoms with E-state index in [1.807, 2.05) is 0 Å². The third-order valence-corrected chi connectivity index (χ3v) is 1.10. The normalized spacial score (nSPS) is 12.2. The first-order valence-electron chi connectivity index (χ1n) is 3.57. The molecule has 0 bridgehead atoms. The Morgan fingerprint density at radius 3 is 2.92 bits per heavy atom. The van der Waals surface area contributed by atoms with Crippen LogP contribution >= 0.6 is 0 Å². The van der Waals surface area contributed by atoms with Crippen LogP contribution in [0.5, 0.6) is 0 Å². The van der Waals surface area contributed by atoms with Gasteiger partial charge < -0.3 is 14.6 Å². The van der Waals surface area contributed by atoms with E-state index in [1.54, 1.807) is 7.11 Å². The molecule has 0 radical (unpaired) electrons. The second-order valence-corrected chi connectivity index (χ2v) is 2.13. The fourth-order valence-corrected chi connectivity index (χ4v) is 0.545. The number of ether oxygens (including phenoxy) is 2. The third kappa shape index (κ3) is 7.30. The van der Waals surface area contributed by atoms with Gasteiger partial charge in [0.2, 0.25) is 0 Å². The van der Waals surface area contributed by atoms with Crippen molar-refractivity contribution in [3.8, 4) is 0 Å². The molecule has 12 heavy (non-hydrogen) atoms. The van der Waals surface area contributed by atoms with Crippen LogP contribution in [0.15, 0.2) is 5.11 Å². The Balaban J connectivity index is 3.18. The highest BCUT2D eigenvalue weighted by Gasteiger charge is 2.00. The molecule has 0 fully saturated rings. The first-order valence-corrected chi connectivity index (χ1v) is 3.57. The van der Waals surface area contributed by atoms with Crippen LogP contribution < -0.4 is 0 Å². The molecule has 6 heteroatoms. The Morgan fingerprint density at radius 1 is 1.58 bits per heavy atom. The maximum absolute atomic E-state index is 9.05. The Kier molecular flexibility index (Phi) is 7.73. The highest BCUT2D eigenvalue weighted by Crippen LogP contribution is 1.87. The molecule has 0 spiro atoms. The number of methoxy groups -OCH3 is 1. The molecule has 0 saturated carbocycles. The lowest BCUT2D eigenvalue weighted by atomic mass is 10.4. The van der Waals surface area contributed by atoms with E-state index in [0.29, 0.717) is 13.2 Å². The summed E-state index contributed by atoms with van der Waals surface area (Å²) in [7, 11) is 1.57. The summed E-state index contributed by atoms with van der Waals surface area (Å²) in [6, 6.07) is 0. The van der Waals surface area contributed by atoms with E-state index in [-0.39, 0.29) is 13.2 Å². The predicted octanol–water partition coefficient (Wildman–Crippen LogP) is 0.321. The molecule has 6 nitrogen and oxygen atoms in total. The zero-order valence-electron chi connectivity index (χ0n) is 7.01. The van der Waals surface area contributed by atoms with Gasteiger partial charge >= 0.3 is 0 Å². The fraction of sp³-hybridized carbons (Fsp3) is 1.00. The SMILES string of the molecule is COCCOCC(O)CN=[N+]=[N-]. The summed E-state index contributed by atoms with van der Waals surface area (Å²) in [5.41, 5.74) is 7.91. The Bertz CT molecular complexity index is 147. The fourth-order valence-electron chi connectivity index (χ4n) is 0.545. The summed E-state index contributed by atoms with van der Waals surface area (Å²) in [4.78, 5) is 2.50. The van der Waals surface area contributed by atoms with Crippen LogP contribution in [0.1, 0.15) is 0 Å². The molecule has 1 N–H and O–H groups in total. The maximum Gasteiger partial charge on any atom is 0.0829 e. The number of hydrogen-bond acceptors (Lipinski definition) is 4. The van der Waals surface area contributed by atoms with E-state index in [2.05, 4.69) is 10.0 Å². The summed E-state index contributed by atoms with van der Waals surface area (Å²) in [5, 5.41) is 12.2. The molecular weight excluding hydrogens is 162 g/mol. The molecule has 0 aliphatic heterocycles. The summed E-state index contributed by atoms with van der Waals surface area (Å²) in [6.45, 7) is 1.14. The van der Waals surface area contributed by atoms with Crippen molar-refractivity contribution in [1.82, 2.24) is 0 Å². The molecule has 1 unspecified atom stereocenters. The molecule has 0 aromatic heterocycles. The summed E-state index contributed by atoms with van der Waals surface area (Å²) in [6.07, 6.45) is -0.724. The molecule has 0 aliphatic rings. The smallest absolute Gasteiger partial charge is 0.0829 e. The van der Waals surface area contributed by atoms with Crippen LogP contribution in [-0.4, -0.2) is 44.7 Å². The molecule has 0 aromatic carbocycles. The molecular formula is C6H13N3O3. The van der Waals surface area contributed by atoms with Crippen LogP contribution in [0.2, 0.25) is 0 Å². The third-order valence-electron chi connectivity index (χ3n) is 1.10. The van der Waals surface area contributed by atoms with Crippen molar-refractivity contribution < 1.29 is 14.6 Å². The van der Waals surface area contributed by atoms with E-state index in [0.717, 1.165) is 0 Å². The van der Waals surface area contributed by atoms with E-state index in [9.17, 15) is 0 Å². The van der Waals surface area contributed by atoms with E-state index in [4.69, 9.17) is 20.1 Å². The molecule has 70 valence electrons. The van der Waals surface area contributed by atoms with Crippen molar-refractivity contribution in [2.45, 2.75) is 6.10 Å². The average Bonchev–Trinajstić information content (AvgIpc) is 2.09. The van der Waals surface area contributed by atoms with Crippen LogP contribution in [0.4, 0.5) is 0 Å². The quantitative estimate of drug-likeness (QED) is 0.261. The molecule has 0 aromatic rings. The molecule has 0 amide bonds. The number of nitrogens with zero attached hydrogens (tertiary/aromatic N) is 3. The minimum absolute atomic E-state index is 0.0451. The van der Waals surface area contributed by atoms with Gasteiger partial charge in [-0.25, -0.2) is 0 Å². The Morgan fingerprint density at radius 2 is 2.33 bits per heavy atom. The lowest BCUT2D eigenvalue weighted by molar-refractivity contribution is 0.0168. The number of rotatable bonds is 7. The highest BCUT2D eigenvalue weighted by atomic mass is 16.5. The van der Waals surface area contributed by atoms with E-state index >= 15 is 0 Å². The largest absolute Gasteiger partial charge is 0.391 e. The van der Waals surface area contributed by atoms with Gasteiger partial charge in [-0.3, -0.25) is 0 Å². The summed E-state index contributed by atoms with van der Waals surface area (Å²) < 4.78 is 9.69. The predicted molar refractivity (Wildman–Crippen MR) is 42.7 cm³/mol. The minimum Gasteiger partial charge on any atom is -0.391 e. The second-order valence-electron chi connectivity index (χ2n) is 2.13. The lowest BCUT2D eigenvalue weighted by Crippen LogP contribution is -2.19. The van der Waals surface area contributed by atoms with Gasteiger partial charge in [0.1, 0.15) is 0 Å². The van der Waals surface area contributed by atoms with Crippen molar-refractivity contribution in [2.24, 2.45) is 5.11 Å². The van der Waals surface area contributed by atoms with E-state index < -0.39 is 6.10 Å².